The average molecular weight is 390 g/mol. The summed E-state index contributed by atoms with van der Waals surface area (Å²) in [6, 6.07) is 7.59. The maximum atomic E-state index is 13.2. The third kappa shape index (κ3) is 4.75. The Labute approximate surface area is 159 Å². The number of methoxy groups -OCH3 is 1. The maximum Gasteiger partial charge on any atom is 0.234 e. The lowest BCUT2D eigenvalue weighted by atomic mass is 10.2. The molecule has 1 aromatic carbocycles. The lowest BCUT2D eigenvalue weighted by molar-refractivity contribution is -0.113. The van der Waals surface area contributed by atoms with E-state index < -0.39 is 5.82 Å². The molecule has 9 heteroatoms. The van der Waals surface area contributed by atoms with Crippen LogP contribution in [-0.2, 0) is 16.1 Å². The molecular formula is C18H19FN4O3S. The van der Waals surface area contributed by atoms with Crippen molar-refractivity contribution in [2.24, 2.45) is 0 Å². The van der Waals surface area contributed by atoms with Gasteiger partial charge in [0.25, 0.3) is 0 Å². The van der Waals surface area contributed by atoms with E-state index in [9.17, 15) is 9.18 Å². The summed E-state index contributed by atoms with van der Waals surface area (Å²) in [7, 11) is 1.62. The summed E-state index contributed by atoms with van der Waals surface area (Å²) in [6.07, 6.45) is 1.60. The molecule has 1 amide bonds. The Balaban J connectivity index is 1.71. The molecule has 1 N–H and O–H groups in total. The summed E-state index contributed by atoms with van der Waals surface area (Å²) in [5.74, 6) is 0.854. The number of halogens is 1. The first kappa shape index (κ1) is 19.1. The maximum absolute atomic E-state index is 13.2. The van der Waals surface area contributed by atoms with Crippen LogP contribution in [0.4, 0.5) is 10.1 Å². The number of anilines is 1. The second-order valence-electron chi connectivity index (χ2n) is 5.69. The number of aromatic nitrogens is 3. The predicted molar refractivity (Wildman–Crippen MR) is 100 cm³/mol. The van der Waals surface area contributed by atoms with Crippen LogP contribution in [0.25, 0.3) is 11.4 Å². The van der Waals surface area contributed by atoms with E-state index >= 15 is 0 Å². The molecular weight excluding hydrogens is 371 g/mol. The largest absolute Gasteiger partial charge is 0.469 e. The number of amides is 1. The first-order chi connectivity index (χ1) is 13.1. The van der Waals surface area contributed by atoms with Crippen LogP contribution in [0, 0.1) is 12.7 Å². The molecule has 0 saturated heterocycles. The van der Waals surface area contributed by atoms with Crippen LogP contribution in [0.15, 0.2) is 46.2 Å². The number of hydrogen-bond donors (Lipinski definition) is 1. The van der Waals surface area contributed by atoms with Crippen LogP contribution in [0.5, 0.6) is 0 Å². The van der Waals surface area contributed by atoms with Crippen molar-refractivity contribution in [2.45, 2.75) is 18.6 Å². The fourth-order valence-electron chi connectivity index (χ4n) is 2.49. The molecule has 0 unspecified atom stereocenters. The third-order valence-electron chi connectivity index (χ3n) is 3.78. The molecule has 0 aliphatic heterocycles. The van der Waals surface area contributed by atoms with Gasteiger partial charge in [0.15, 0.2) is 11.0 Å². The minimum atomic E-state index is -0.403. The highest BCUT2D eigenvalue weighted by Gasteiger charge is 2.18. The minimum Gasteiger partial charge on any atom is -0.469 e. The van der Waals surface area contributed by atoms with Gasteiger partial charge in [0, 0.05) is 12.8 Å². The summed E-state index contributed by atoms with van der Waals surface area (Å²) >= 11 is 1.25. The first-order valence-corrected chi connectivity index (χ1v) is 9.22. The molecule has 0 bridgehead atoms. The van der Waals surface area contributed by atoms with Gasteiger partial charge in [0.05, 0.1) is 30.7 Å². The fraction of sp³-hybridized carbons (Fsp3) is 0.278. The first-order valence-electron chi connectivity index (χ1n) is 8.23. The second-order valence-corrected chi connectivity index (χ2v) is 6.63. The molecule has 0 fully saturated rings. The number of rotatable bonds is 8. The molecule has 27 heavy (non-hydrogen) atoms. The fourth-order valence-corrected chi connectivity index (χ4v) is 3.25. The Morgan fingerprint density at radius 1 is 1.37 bits per heavy atom. The van der Waals surface area contributed by atoms with E-state index in [1.807, 2.05) is 17.6 Å². The molecule has 3 rings (SSSR count). The number of ether oxygens (including phenoxy) is 1. The van der Waals surface area contributed by atoms with Gasteiger partial charge in [0.2, 0.25) is 5.91 Å². The third-order valence-corrected chi connectivity index (χ3v) is 4.74. The Hall–Kier alpha value is -2.65. The van der Waals surface area contributed by atoms with Crippen molar-refractivity contribution in [3.63, 3.8) is 0 Å². The predicted octanol–water partition coefficient (Wildman–Crippen LogP) is 3.36. The van der Waals surface area contributed by atoms with Crippen molar-refractivity contribution < 1.29 is 18.3 Å². The molecule has 0 spiro atoms. The van der Waals surface area contributed by atoms with Crippen LogP contribution in [-0.4, -0.2) is 40.1 Å². The molecule has 7 nitrogen and oxygen atoms in total. The number of carbonyl (C=O) groups is 1. The van der Waals surface area contributed by atoms with Crippen molar-refractivity contribution in [2.75, 3.05) is 24.8 Å². The highest BCUT2D eigenvalue weighted by atomic mass is 32.2. The zero-order valence-electron chi connectivity index (χ0n) is 14.9. The lowest BCUT2D eigenvalue weighted by Gasteiger charge is -2.09. The number of nitrogens with zero attached hydrogens (tertiary/aromatic N) is 3. The van der Waals surface area contributed by atoms with Gasteiger partial charge in [-0.25, -0.2) is 4.39 Å². The van der Waals surface area contributed by atoms with E-state index in [-0.39, 0.29) is 11.7 Å². The van der Waals surface area contributed by atoms with Gasteiger partial charge < -0.3 is 14.5 Å². The van der Waals surface area contributed by atoms with Crippen molar-refractivity contribution in [1.82, 2.24) is 14.8 Å². The Bertz CT molecular complexity index is 925. The summed E-state index contributed by atoms with van der Waals surface area (Å²) < 4.78 is 25.6. The Morgan fingerprint density at radius 3 is 2.93 bits per heavy atom. The number of furan rings is 1. The van der Waals surface area contributed by atoms with Crippen LogP contribution in [0.2, 0.25) is 0 Å². The number of thioether (sulfide) groups is 1. The lowest BCUT2D eigenvalue weighted by Crippen LogP contribution is -2.15. The van der Waals surface area contributed by atoms with Gasteiger partial charge in [0.1, 0.15) is 11.6 Å². The van der Waals surface area contributed by atoms with Gasteiger partial charge in [-0.2, -0.15) is 0 Å². The van der Waals surface area contributed by atoms with Crippen molar-refractivity contribution >= 4 is 23.4 Å². The highest BCUT2D eigenvalue weighted by Crippen LogP contribution is 2.27. The minimum absolute atomic E-state index is 0.117. The molecule has 0 atom stereocenters. The Kier molecular flexibility index (Phi) is 6.25. The van der Waals surface area contributed by atoms with E-state index in [1.54, 1.807) is 25.5 Å². The Morgan fingerprint density at radius 2 is 2.22 bits per heavy atom. The summed E-state index contributed by atoms with van der Waals surface area (Å²) in [4.78, 5) is 12.2. The molecule has 142 valence electrons. The van der Waals surface area contributed by atoms with Crippen LogP contribution in [0.1, 0.15) is 5.76 Å². The molecule has 2 aromatic heterocycles. The smallest absolute Gasteiger partial charge is 0.234 e. The topological polar surface area (TPSA) is 82.2 Å². The number of carbonyl (C=O) groups excluding carboxylic acids is 1. The van der Waals surface area contributed by atoms with Gasteiger partial charge >= 0.3 is 0 Å². The summed E-state index contributed by atoms with van der Waals surface area (Å²) in [5.41, 5.74) is 1.26. The zero-order valence-corrected chi connectivity index (χ0v) is 15.8. The van der Waals surface area contributed by atoms with Gasteiger partial charge in [-0.1, -0.05) is 17.8 Å². The molecule has 0 saturated carbocycles. The van der Waals surface area contributed by atoms with Crippen LogP contribution in [0.3, 0.4) is 0 Å². The molecule has 0 aliphatic carbocycles. The number of hydrogen-bond acceptors (Lipinski definition) is 6. The second kappa shape index (κ2) is 8.83. The molecule has 0 radical (unpaired) electrons. The van der Waals surface area contributed by atoms with Crippen molar-refractivity contribution in [3.05, 3.63) is 48.2 Å². The van der Waals surface area contributed by atoms with E-state index in [0.717, 1.165) is 11.3 Å². The van der Waals surface area contributed by atoms with E-state index in [0.29, 0.717) is 29.8 Å². The number of aryl methyl sites for hydroxylation is 1. The number of nitrogens with one attached hydrogen (secondary N) is 1. The standard InChI is InChI=1S/C18H19FN4O3S/c1-12-15(6-8-26-12)17-21-22-18(23(17)7-9-25-2)27-11-16(24)20-14-5-3-4-13(19)10-14/h3-6,8,10H,7,9,11H2,1-2H3,(H,20,24). The summed E-state index contributed by atoms with van der Waals surface area (Å²) in [6.45, 7) is 2.87. The van der Waals surface area contributed by atoms with Gasteiger partial charge in [-0.3, -0.25) is 9.36 Å². The SMILES string of the molecule is COCCn1c(SCC(=O)Nc2cccc(F)c2)nnc1-c1ccoc1C. The van der Waals surface area contributed by atoms with Gasteiger partial charge in [-0.05, 0) is 31.2 Å². The monoisotopic (exact) mass is 390 g/mol. The highest BCUT2D eigenvalue weighted by molar-refractivity contribution is 7.99. The van der Waals surface area contributed by atoms with E-state index in [1.165, 1.54) is 23.9 Å². The zero-order chi connectivity index (χ0) is 19.2. The quantitative estimate of drug-likeness (QED) is 0.594. The summed E-state index contributed by atoms with van der Waals surface area (Å²) in [5, 5.41) is 11.7. The van der Waals surface area contributed by atoms with Crippen LogP contribution < -0.4 is 5.32 Å². The van der Waals surface area contributed by atoms with Crippen molar-refractivity contribution in [1.29, 1.82) is 0 Å². The van der Waals surface area contributed by atoms with E-state index in [2.05, 4.69) is 15.5 Å². The van der Waals surface area contributed by atoms with Crippen molar-refractivity contribution in [3.8, 4) is 11.4 Å². The average Bonchev–Trinajstić information content (AvgIpc) is 3.23. The number of benzene rings is 1. The molecule has 3 aromatic rings. The molecule has 0 aliphatic rings. The molecule has 2 heterocycles. The van der Waals surface area contributed by atoms with Crippen LogP contribution >= 0.6 is 11.8 Å². The normalized spacial score (nSPS) is 10.9. The van der Waals surface area contributed by atoms with Gasteiger partial charge in [-0.15, -0.1) is 10.2 Å². The van der Waals surface area contributed by atoms with E-state index in [4.69, 9.17) is 9.15 Å².